The van der Waals surface area contributed by atoms with Gasteiger partial charge in [0, 0.05) is 36.7 Å². The fraction of sp³-hybridized carbons (Fsp3) is 0.238. The molecule has 9 heteroatoms. The maximum absolute atomic E-state index is 12.9. The predicted octanol–water partition coefficient (Wildman–Crippen LogP) is 2.82. The van der Waals surface area contributed by atoms with Gasteiger partial charge in [-0.2, -0.15) is 5.10 Å². The van der Waals surface area contributed by atoms with E-state index in [-0.39, 0.29) is 16.4 Å². The van der Waals surface area contributed by atoms with Crippen LogP contribution >= 0.6 is 0 Å². The second-order valence-electron chi connectivity index (χ2n) is 6.69. The third kappa shape index (κ3) is 5.38. The first-order chi connectivity index (χ1) is 14.4. The molecule has 0 unspecified atom stereocenters. The van der Waals surface area contributed by atoms with Crippen LogP contribution in [0, 0.1) is 6.92 Å². The van der Waals surface area contributed by atoms with Crippen LogP contribution in [0.4, 0.5) is 5.69 Å². The van der Waals surface area contributed by atoms with Crippen LogP contribution in [0.5, 0.6) is 5.75 Å². The molecule has 3 rings (SSSR count). The summed E-state index contributed by atoms with van der Waals surface area (Å²) in [6.45, 7) is 2.83. The van der Waals surface area contributed by atoms with E-state index in [1.54, 1.807) is 54.2 Å². The molecule has 0 bridgehead atoms. The highest BCUT2D eigenvalue weighted by molar-refractivity contribution is 7.92. The first-order valence-corrected chi connectivity index (χ1v) is 10.9. The summed E-state index contributed by atoms with van der Waals surface area (Å²) >= 11 is 0. The lowest BCUT2D eigenvalue weighted by atomic mass is 10.1. The Hall–Kier alpha value is -3.33. The Kier molecular flexibility index (Phi) is 6.73. The van der Waals surface area contributed by atoms with Gasteiger partial charge in [-0.25, -0.2) is 8.42 Å². The molecule has 0 spiro atoms. The molecule has 3 aromatic rings. The van der Waals surface area contributed by atoms with Crippen LogP contribution in [-0.4, -0.2) is 37.8 Å². The standard InChI is InChI=1S/C21H24N4O4S/c1-16-5-6-17(21(26)22-11-3-13-25-14-4-12-23-25)15-20(16)30(27,28)24-18-7-9-19(29-2)10-8-18/h4-10,12,14-15,24H,3,11,13H2,1-2H3,(H,22,26). The number of aryl methyl sites for hydroxylation is 2. The van der Waals surface area contributed by atoms with Gasteiger partial charge in [0.25, 0.3) is 15.9 Å². The van der Waals surface area contributed by atoms with Crippen molar-refractivity contribution in [3.8, 4) is 5.75 Å². The molecule has 0 atom stereocenters. The first kappa shape index (κ1) is 21.4. The lowest BCUT2D eigenvalue weighted by Crippen LogP contribution is -2.26. The number of amides is 1. The summed E-state index contributed by atoms with van der Waals surface area (Å²) in [4.78, 5) is 12.5. The van der Waals surface area contributed by atoms with E-state index in [2.05, 4.69) is 15.1 Å². The Morgan fingerprint density at radius 2 is 1.93 bits per heavy atom. The van der Waals surface area contributed by atoms with E-state index in [4.69, 9.17) is 4.74 Å². The number of nitrogens with one attached hydrogen (secondary N) is 2. The number of hydrogen-bond donors (Lipinski definition) is 2. The molecule has 1 amide bonds. The van der Waals surface area contributed by atoms with Gasteiger partial charge in [-0.05, 0) is 61.4 Å². The molecule has 0 radical (unpaired) electrons. The Morgan fingerprint density at radius 3 is 2.60 bits per heavy atom. The zero-order chi connectivity index (χ0) is 21.6. The van der Waals surface area contributed by atoms with E-state index >= 15 is 0 Å². The molecule has 1 heterocycles. The molecule has 8 nitrogen and oxygen atoms in total. The third-order valence-corrected chi connectivity index (χ3v) is 6.01. The molecule has 2 aromatic carbocycles. The van der Waals surface area contributed by atoms with E-state index in [9.17, 15) is 13.2 Å². The average Bonchev–Trinajstić information content (AvgIpc) is 3.25. The van der Waals surface area contributed by atoms with Gasteiger partial charge < -0.3 is 10.1 Å². The van der Waals surface area contributed by atoms with Gasteiger partial charge in [-0.3, -0.25) is 14.2 Å². The molecular formula is C21H24N4O4S. The highest BCUT2D eigenvalue weighted by Gasteiger charge is 2.19. The van der Waals surface area contributed by atoms with Gasteiger partial charge in [0.1, 0.15) is 5.75 Å². The van der Waals surface area contributed by atoms with E-state index in [1.807, 2.05) is 12.3 Å². The van der Waals surface area contributed by atoms with Crippen LogP contribution in [0.25, 0.3) is 0 Å². The number of hydrogen-bond acceptors (Lipinski definition) is 5. The van der Waals surface area contributed by atoms with Crippen molar-refractivity contribution in [1.82, 2.24) is 15.1 Å². The SMILES string of the molecule is COc1ccc(NS(=O)(=O)c2cc(C(=O)NCCCn3cccn3)ccc2C)cc1. The first-order valence-electron chi connectivity index (χ1n) is 9.42. The van der Waals surface area contributed by atoms with Crippen molar-refractivity contribution in [1.29, 1.82) is 0 Å². The van der Waals surface area contributed by atoms with Crippen LogP contribution in [0.1, 0.15) is 22.3 Å². The lowest BCUT2D eigenvalue weighted by molar-refractivity contribution is 0.0952. The molecular weight excluding hydrogens is 404 g/mol. The number of carbonyl (C=O) groups is 1. The number of aromatic nitrogens is 2. The smallest absolute Gasteiger partial charge is 0.262 e. The maximum atomic E-state index is 12.9. The number of anilines is 1. The monoisotopic (exact) mass is 428 g/mol. The van der Waals surface area contributed by atoms with Crippen LogP contribution in [0.15, 0.2) is 65.8 Å². The quantitative estimate of drug-likeness (QED) is 0.510. The van der Waals surface area contributed by atoms with Gasteiger partial charge >= 0.3 is 0 Å². The lowest BCUT2D eigenvalue weighted by Gasteiger charge is -2.12. The van der Waals surface area contributed by atoms with Gasteiger partial charge in [0.05, 0.1) is 12.0 Å². The Balaban J connectivity index is 1.67. The molecule has 0 aliphatic rings. The molecule has 1 aromatic heterocycles. The van der Waals surface area contributed by atoms with Crippen molar-refractivity contribution < 1.29 is 17.9 Å². The summed E-state index contributed by atoms with van der Waals surface area (Å²) in [5.41, 5.74) is 1.24. The maximum Gasteiger partial charge on any atom is 0.262 e. The molecule has 0 fully saturated rings. The Morgan fingerprint density at radius 1 is 1.17 bits per heavy atom. The van der Waals surface area contributed by atoms with Gasteiger partial charge in [-0.1, -0.05) is 6.07 Å². The van der Waals surface area contributed by atoms with E-state index in [0.29, 0.717) is 36.5 Å². The highest BCUT2D eigenvalue weighted by atomic mass is 32.2. The van der Waals surface area contributed by atoms with Crippen LogP contribution < -0.4 is 14.8 Å². The number of nitrogens with zero attached hydrogens (tertiary/aromatic N) is 2. The fourth-order valence-corrected chi connectivity index (χ4v) is 4.21. The summed E-state index contributed by atoms with van der Waals surface area (Å²) in [6.07, 6.45) is 4.27. The number of carbonyl (C=O) groups excluding carboxylic acids is 1. The van der Waals surface area contributed by atoms with Crippen molar-refractivity contribution in [2.45, 2.75) is 24.8 Å². The topological polar surface area (TPSA) is 102 Å². The van der Waals surface area contributed by atoms with Crippen molar-refractivity contribution in [2.75, 3.05) is 18.4 Å². The largest absolute Gasteiger partial charge is 0.497 e. The minimum atomic E-state index is -3.86. The summed E-state index contributed by atoms with van der Waals surface area (Å²) in [7, 11) is -2.32. The Bertz CT molecular complexity index is 1090. The number of sulfonamides is 1. The molecule has 0 saturated carbocycles. The predicted molar refractivity (Wildman–Crippen MR) is 114 cm³/mol. The third-order valence-electron chi connectivity index (χ3n) is 4.49. The number of rotatable bonds is 9. The summed E-state index contributed by atoms with van der Waals surface area (Å²) in [5.74, 6) is 0.303. The summed E-state index contributed by atoms with van der Waals surface area (Å²) in [6, 6.07) is 13.0. The molecule has 0 aliphatic heterocycles. The van der Waals surface area contributed by atoms with E-state index < -0.39 is 10.0 Å². The van der Waals surface area contributed by atoms with E-state index in [0.717, 1.165) is 0 Å². The fourth-order valence-electron chi connectivity index (χ4n) is 2.88. The van der Waals surface area contributed by atoms with Crippen LogP contribution in [0.3, 0.4) is 0 Å². The average molecular weight is 429 g/mol. The second kappa shape index (κ2) is 9.45. The number of methoxy groups -OCH3 is 1. The van der Waals surface area contributed by atoms with Crippen LogP contribution in [0.2, 0.25) is 0 Å². The number of ether oxygens (including phenoxy) is 1. The minimum Gasteiger partial charge on any atom is -0.497 e. The van der Waals surface area contributed by atoms with Crippen molar-refractivity contribution in [3.63, 3.8) is 0 Å². The minimum absolute atomic E-state index is 0.0579. The molecule has 2 N–H and O–H groups in total. The van der Waals surface area contributed by atoms with E-state index in [1.165, 1.54) is 13.2 Å². The van der Waals surface area contributed by atoms with Gasteiger partial charge in [0.15, 0.2) is 0 Å². The van der Waals surface area contributed by atoms with Crippen LogP contribution in [-0.2, 0) is 16.6 Å². The zero-order valence-corrected chi connectivity index (χ0v) is 17.6. The summed E-state index contributed by atoms with van der Waals surface area (Å²) < 4.78 is 35.1. The number of benzene rings is 2. The zero-order valence-electron chi connectivity index (χ0n) is 16.8. The molecule has 0 saturated heterocycles. The molecule has 0 aliphatic carbocycles. The molecule has 158 valence electrons. The van der Waals surface area contributed by atoms with Crippen molar-refractivity contribution >= 4 is 21.6 Å². The second-order valence-corrected chi connectivity index (χ2v) is 8.34. The molecule has 30 heavy (non-hydrogen) atoms. The van der Waals surface area contributed by atoms with Crippen molar-refractivity contribution in [2.24, 2.45) is 0 Å². The highest BCUT2D eigenvalue weighted by Crippen LogP contribution is 2.22. The van der Waals surface area contributed by atoms with Gasteiger partial charge in [-0.15, -0.1) is 0 Å². The summed E-state index contributed by atoms with van der Waals surface area (Å²) in [5, 5.41) is 6.92. The Labute approximate surface area is 175 Å². The van der Waals surface area contributed by atoms with Crippen molar-refractivity contribution in [3.05, 3.63) is 72.1 Å². The van der Waals surface area contributed by atoms with Gasteiger partial charge in [0.2, 0.25) is 0 Å². The normalized spacial score (nSPS) is 11.1.